The molecule has 0 saturated heterocycles. The molecule has 0 radical (unpaired) electrons. The lowest BCUT2D eigenvalue weighted by Crippen LogP contribution is -2.34. The van der Waals surface area contributed by atoms with E-state index in [4.69, 9.17) is 0 Å². The van der Waals surface area contributed by atoms with E-state index in [2.05, 4.69) is 5.32 Å². The molecule has 0 bridgehead atoms. The SMILES string of the molecule is O=C(CCCn1c(=O)c2cccn2c2ccc(F)cc21)NC1CCCCCC1. The number of benzene rings is 1. The van der Waals surface area contributed by atoms with Crippen molar-refractivity contribution in [3.63, 3.8) is 0 Å². The Morgan fingerprint density at radius 2 is 1.86 bits per heavy atom. The molecule has 0 spiro atoms. The lowest BCUT2D eigenvalue weighted by Gasteiger charge is -2.16. The lowest BCUT2D eigenvalue weighted by atomic mass is 10.1. The Hall–Kier alpha value is -2.63. The Morgan fingerprint density at radius 1 is 1.07 bits per heavy atom. The standard InChI is InChI=1S/C22H26FN3O2/c23-16-11-12-18-20(15-16)26(22(28)19-9-5-13-25(18)19)14-6-10-21(27)24-17-7-3-1-2-4-8-17/h5,9,11-13,15,17H,1-4,6-8,10,14H2,(H,24,27). The van der Waals surface area contributed by atoms with Crippen molar-refractivity contribution < 1.29 is 9.18 Å². The predicted octanol–water partition coefficient (Wildman–Crippen LogP) is 4.01. The summed E-state index contributed by atoms with van der Waals surface area (Å²) in [6.45, 7) is 0.387. The van der Waals surface area contributed by atoms with Crippen molar-refractivity contribution in [2.75, 3.05) is 0 Å². The van der Waals surface area contributed by atoms with Gasteiger partial charge in [0, 0.05) is 25.2 Å². The third-order valence-corrected chi connectivity index (χ3v) is 5.71. The molecule has 1 saturated carbocycles. The van der Waals surface area contributed by atoms with Crippen LogP contribution in [-0.2, 0) is 11.3 Å². The number of nitrogens with zero attached hydrogens (tertiary/aromatic N) is 2. The summed E-state index contributed by atoms with van der Waals surface area (Å²) in [7, 11) is 0. The van der Waals surface area contributed by atoms with Gasteiger partial charge in [0.1, 0.15) is 11.3 Å². The van der Waals surface area contributed by atoms with Crippen LogP contribution in [0.5, 0.6) is 0 Å². The molecule has 2 aromatic heterocycles. The number of hydrogen-bond donors (Lipinski definition) is 1. The van der Waals surface area contributed by atoms with Gasteiger partial charge in [-0.15, -0.1) is 0 Å². The summed E-state index contributed by atoms with van der Waals surface area (Å²) in [5, 5.41) is 3.14. The van der Waals surface area contributed by atoms with Crippen molar-refractivity contribution >= 4 is 22.5 Å². The number of amides is 1. The van der Waals surface area contributed by atoms with Gasteiger partial charge in [0.05, 0.1) is 11.0 Å². The Balaban J connectivity index is 1.49. The van der Waals surface area contributed by atoms with Gasteiger partial charge < -0.3 is 14.3 Å². The molecule has 4 rings (SSSR count). The molecule has 2 heterocycles. The molecule has 1 aliphatic carbocycles. The zero-order chi connectivity index (χ0) is 19.5. The second-order valence-electron chi connectivity index (χ2n) is 7.71. The zero-order valence-corrected chi connectivity index (χ0v) is 16.0. The topological polar surface area (TPSA) is 55.5 Å². The van der Waals surface area contributed by atoms with E-state index in [9.17, 15) is 14.0 Å². The van der Waals surface area contributed by atoms with Crippen molar-refractivity contribution in [3.8, 4) is 0 Å². The van der Waals surface area contributed by atoms with Crippen LogP contribution in [0.2, 0.25) is 0 Å². The molecule has 148 valence electrons. The minimum atomic E-state index is -0.377. The lowest BCUT2D eigenvalue weighted by molar-refractivity contribution is -0.122. The second-order valence-corrected chi connectivity index (χ2v) is 7.71. The monoisotopic (exact) mass is 383 g/mol. The fraction of sp³-hybridized carbons (Fsp3) is 0.455. The molecule has 0 atom stereocenters. The zero-order valence-electron chi connectivity index (χ0n) is 16.0. The van der Waals surface area contributed by atoms with E-state index in [1.54, 1.807) is 21.1 Å². The van der Waals surface area contributed by atoms with Crippen LogP contribution in [0.4, 0.5) is 4.39 Å². The van der Waals surface area contributed by atoms with Gasteiger partial charge in [0.2, 0.25) is 5.91 Å². The van der Waals surface area contributed by atoms with Gasteiger partial charge in [-0.2, -0.15) is 0 Å². The first kappa shape index (κ1) is 18.7. The molecule has 1 fully saturated rings. The third kappa shape index (κ3) is 3.81. The number of aromatic nitrogens is 2. The summed E-state index contributed by atoms with van der Waals surface area (Å²) >= 11 is 0. The summed E-state index contributed by atoms with van der Waals surface area (Å²) in [5.74, 6) is -0.336. The van der Waals surface area contributed by atoms with Crippen LogP contribution in [0.25, 0.3) is 16.6 Å². The number of fused-ring (bicyclic) bond motifs is 3. The molecular weight excluding hydrogens is 357 g/mol. The molecule has 6 heteroatoms. The Kier molecular flexibility index (Phi) is 5.46. The van der Waals surface area contributed by atoms with Gasteiger partial charge >= 0.3 is 0 Å². The van der Waals surface area contributed by atoms with E-state index in [0.29, 0.717) is 30.4 Å². The van der Waals surface area contributed by atoms with Crippen LogP contribution in [0.1, 0.15) is 51.4 Å². The van der Waals surface area contributed by atoms with E-state index < -0.39 is 0 Å². The Bertz CT molecular complexity index is 1050. The highest BCUT2D eigenvalue weighted by molar-refractivity contribution is 5.79. The van der Waals surface area contributed by atoms with Crippen LogP contribution < -0.4 is 10.9 Å². The highest BCUT2D eigenvalue weighted by Gasteiger charge is 2.15. The van der Waals surface area contributed by atoms with E-state index in [1.165, 1.54) is 37.8 Å². The average molecular weight is 383 g/mol. The minimum Gasteiger partial charge on any atom is -0.353 e. The van der Waals surface area contributed by atoms with Gasteiger partial charge in [-0.3, -0.25) is 9.59 Å². The predicted molar refractivity (Wildman–Crippen MR) is 108 cm³/mol. The highest BCUT2D eigenvalue weighted by atomic mass is 19.1. The van der Waals surface area contributed by atoms with Crippen molar-refractivity contribution in [3.05, 3.63) is 52.7 Å². The molecule has 1 aromatic carbocycles. The first-order valence-electron chi connectivity index (χ1n) is 10.2. The van der Waals surface area contributed by atoms with E-state index in [1.807, 2.05) is 12.3 Å². The largest absolute Gasteiger partial charge is 0.353 e. The Morgan fingerprint density at radius 3 is 2.64 bits per heavy atom. The maximum Gasteiger partial charge on any atom is 0.275 e. The van der Waals surface area contributed by atoms with Crippen molar-refractivity contribution in [2.45, 2.75) is 64.0 Å². The van der Waals surface area contributed by atoms with Crippen LogP contribution >= 0.6 is 0 Å². The number of nitrogens with one attached hydrogen (secondary N) is 1. The summed E-state index contributed by atoms with van der Waals surface area (Å²) in [6.07, 6.45) is 9.68. The summed E-state index contributed by atoms with van der Waals surface area (Å²) in [6, 6.07) is 8.33. The summed E-state index contributed by atoms with van der Waals surface area (Å²) in [4.78, 5) is 25.2. The van der Waals surface area contributed by atoms with Gasteiger partial charge in [-0.05, 0) is 49.6 Å². The number of rotatable bonds is 5. The third-order valence-electron chi connectivity index (χ3n) is 5.71. The summed E-state index contributed by atoms with van der Waals surface area (Å²) < 4.78 is 17.2. The van der Waals surface area contributed by atoms with Crippen LogP contribution in [-0.4, -0.2) is 20.9 Å². The number of carbonyl (C=O) groups is 1. The van der Waals surface area contributed by atoms with E-state index in [-0.39, 0.29) is 23.3 Å². The maximum atomic E-state index is 13.8. The second kappa shape index (κ2) is 8.17. The molecule has 28 heavy (non-hydrogen) atoms. The van der Waals surface area contributed by atoms with Gasteiger partial charge in [0.15, 0.2) is 0 Å². The van der Waals surface area contributed by atoms with Crippen molar-refractivity contribution in [1.29, 1.82) is 0 Å². The first-order chi connectivity index (χ1) is 13.6. The van der Waals surface area contributed by atoms with Crippen molar-refractivity contribution in [2.24, 2.45) is 0 Å². The average Bonchev–Trinajstić information content (AvgIpc) is 3.03. The minimum absolute atomic E-state index is 0.0409. The van der Waals surface area contributed by atoms with Gasteiger partial charge in [-0.25, -0.2) is 4.39 Å². The van der Waals surface area contributed by atoms with Crippen LogP contribution in [0.15, 0.2) is 41.3 Å². The van der Waals surface area contributed by atoms with Gasteiger partial charge in [0.25, 0.3) is 5.56 Å². The Labute approximate surface area is 163 Å². The number of aryl methyl sites for hydroxylation is 1. The summed E-state index contributed by atoms with van der Waals surface area (Å²) in [5.41, 5.74) is 1.73. The molecule has 0 unspecified atom stereocenters. The van der Waals surface area contributed by atoms with E-state index in [0.717, 1.165) is 18.4 Å². The molecule has 1 amide bonds. The van der Waals surface area contributed by atoms with Gasteiger partial charge in [-0.1, -0.05) is 25.7 Å². The van der Waals surface area contributed by atoms with E-state index >= 15 is 0 Å². The highest BCUT2D eigenvalue weighted by Crippen LogP contribution is 2.19. The normalized spacial score (nSPS) is 15.8. The molecule has 1 N–H and O–H groups in total. The van der Waals surface area contributed by atoms with Crippen LogP contribution in [0, 0.1) is 5.82 Å². The molecule has 3 aromatic rings. The number of halogens is 1. The quantitative estimate of drug-likeness (QED) is 0.677. The first-order valence-corrected chi connectivity index (χ1v) is 10.2. The van der Waals surface area contributed by atoms with Crippen molar-refractivity contribution in [1.82, 2.24) is 14.3 Å². The fourth-order valence-corrected chi connectivity index (χ4v) is 4.27. The molecule has 5 nitrogen and oxygen atoms in total. The van der Waals surface area contributed by atoms with Crippen LogP contribution in [0.3, 0.4) is 0 Å². The molecule has 0 aliphatic heterocycles. The smallest absolute Gasteiger partial charge is 0.275 e. The molecular formula is C22H26FN3O2. The maximum absolute atomic E-state index is 13.8. The molecule has 1 aliphatic rings. The fourth-order valence-electron chi connectivity index (χ4n) is 4.27. The number of carbonyl (C=O) groups excluding carboxylic acids is 1. The number of hydrogen-bond acceptors (Lipinski definition) is 2.